The zero-order chi connectivity index (χ0) is 13.5. The van der Waals surface area contributed by atoms with Crippen LogP contribution in [-0.4, -0.2) is 36.8 Å². The highest BCUT2D eigenvalue weighted by Crippen LogP contribution is 2.32. The van der Waals surface area contributed by atoms with Crippen LogP contribution in [0, 0.1) is 5.92 Å². The molecule has 3 rings (SSSR count). The molecule has 1 aliphatic carbocycles. The first-order valence-electron chi connectivity index (χ1n) is 6.57. The van der Waals surface area contributed by atoms with E-state index >= 15 is 0 Å². The van der Waals surface area contributed by atoms with Gasteiger partial charge in [0.25, 0.3) is 0 Å². The standard InChI is InChI=1S/C13H17NO3S2/c15-13(11-4-6-19(16,17)9-11)14(12-1-2-12)7-10-3-5-18-8-10/h3,5,8,11-12H,1-2,4,6-7,9H2/t11-/m1/s1. The number of amides is 1. The van der Waals surface area contributed by atoms with E-state index in [1.165, 1.54) is 0 Å². The highest BCUT2D eigenvalue weighted by molar-refractivity contribution is 7.91. The van der Waals surface area contributed by atoms with E-state index in [1.807, 2.05) is 21.7 Å². The van der Waals surface area contributed by atoms with Crippen LogP contribution in [0.5, 0.6) is 0 Å². The van der Waals surface area contributed by atoms with Gasteiger partial charge in [-0.15, -0.1) is 0 Å². The van der Waals surface area contributed by atoms with Crippen LogP contribution in [0.15, 0.2) is 16.8 Å². The molecule has 0 N–H and O–H groups in total. The van der Waals surface area contributed by atoms with Crippen molar-refractivity contribution >= 4 is 27.1 Å². The maximum Gasteiger partial charge on any atom is 0.227 e. The van der Waals surface area contributed by atoms with Crippen molar-refractivity contribution in [1.29, 1.82) is 0 Å². The summed E-state index contributed by atoms with van der Waals surface area (Å²) in [5, 5.41) is 4.05. The molecule has 0 radical (unpaired) electrons. The van der Waals surface area contributed by atoms with Crippen molar-refractivity contribution < 1.29 is 13.2 Å². The fourth-order valence-corrected chi connectivity index (χ4v) is 4.97. The molecule has 1 aromatic rings. The second-order valence-corrected chi connectivity index (χ2v) is 8.44. The Morgan fingerprint density at radius 3 is 2.68 bits per heavy atom. The van der Waals surface area contributed by atoms with Crippen molar-refractivity contribution in [3.8, 4) is 0 Å². The van der Waals surface area contributed by atoms with Gasteiger partial charge < -0.3 is 4.90 Å². The van der Waals surface area contributed by atoms with E-state index < -0.39 is 9.84 Å². The topological polar surface area (TPSA) is 54.5 Å². The second-order valence-electron chi connectivity index (χ2n) is 5.43. The maximum atomic E-state index is 12.5. The molecule has 2 heterocycles. The van der Waals surface area contributed by atoms with E-state index in [0.29, 0.717) is 19.0 Å². The zero-order valence-corrected chi connectivity index (χ0v) is 12.3. The number of carbonyl (C=O) groups excluding carboxylic acids is 1. The minimum Gasteiger partial charge on any atom is -0.335 e. The summed E-state index contributed by atoms with van der Waals surface area (Å²) in [7, 11) is -2.99. The van der Waals surface area contributed by atoms with Crippen molar-refractivity contribution in [2.45, 2.75) is 31.8 Å². The first-order valence-corrected chi connectivity index (χ1v) is 9.33. The molecule has 2 fully saturated rings. The number of sulfone groups is 1. The van der Waals surface area contributed by atoms with Crippen LogP contribution in [0.25, 0.3) is 0 Å². The Kier molecular flexibility index (Phi) is 3.39. The van der Waals surface area contributed by atoms with Gasteiger partial charge in [-0.1, -0.05) is 0 Å². The highest BCUT2D eigenvalue weighted by Gasteiger charge is 2.40. The highest BCUT2D eigenvalue weighted by atomic mass is 32.2. The average molecular weight is 299 g/mol. The summed E-state index contributed by atoms with van der Waals surface area (Å²) in [6, 6.07) is 2.36. The van der Waals surface area contributed by atoms with Crippen LogP contribution < -0.4 is 0 Å². The molecule has 19 heavy (non-hydrogen) atoms. The van der Waals surface area contributed by atoms with Crippen molar-refractivity contribution in [1.82, 2.24) is 4.90 Å². The zero-order valence-electron chi connectivity index (χ0n) is 10.6. The summed E-state index contributed by atoms with van der Waals surface area (Å²) in [5.74, 6) is -0.0713. The lowest BCUT2D eigenvalue weighted by atomic mass is 10.1. The molecule has 1 atom stereocenters. The molecular formula is C13H17NO3S2. The van der Waals surface area contributed by atoms with Gasteiger partial charge in [-0.05, 0) is 41.7 Å². The minimum absolute atomic E-state index is 0.0368. The molecule has 0 bridgehead atoms. The molecule has 1 saturated heterocycles. The Balaban J connectivity index is 1.72. The Hall–Kier alpha value is -0.880. The van der Waals surface area contributed by atoms with E-state index in [1.54, 1.807) is 11.3 Å². The van der Waals surface area contributed by atoms with Gasteiger partial charge in [0.1, 0.15) is 0 Å². The van der Waals surface area contributed by atoms with Gasteiger partial charge in [-0.25, -0.2) is 8.42 Å². The molecule has 1 amide bonds. The maximum absolute atomic E-state index is 12.5. The van der Waals surface area contributed by atoms with Crippen molar-refractivity contribution in [3.63, 3.8) is 0 Å². The number of nitrogens with zero attached hydrogens (tertiary/aromatic N) is 1. The summed E-state index contributed by atoms with van der Waals surface area (Å²) in [6.07, 6.45) is 2.60. The summed E-state index contributed by atoms with van der Waals surface area (Å²) >= 11 is 1.62. The van der Waals surface area contributed by atoms with Gasteiger partial charge in [-0.3, -0.25) is 4.79 Å². The quantitative estimate of drug-likeness (QED) is 0.850. The molecule has 2 aliphatic rings. The first-order chi connectivity index (χ1) is 9.05. The van der Waals surface area contributed by atoms with Crippen molar-refractivity contribution in [2.75, 3.05) is 11.5 Å². The number of rotatable bonds is 4. The predicted octanol–water partition coefficient (Wildman–Crippen LogP) is 1.67. The van der Waals surface area contributed by atoms with Crippen LogP contribution in [0.1, 0.15) is 24.8 Å². The fraction of sp³-hybridized carbons (Fsp3) is 0.615. The van der Waals surface area contributed by atoms with Gasteiger partial charge in [0.2, 0.25) is 5.91 Å². The minimum atomic E-state index is -2.99. The van der Waals surface area contributed by atoms with E-state index in [4.69, 9.17) is 0 Å². The second kappa shape index (κ2) is 4.90. The van der Waals surface area contributed by atoms with Crippen LogP contribution in [0.2, 0.25) is 0 Å². The van der Waals surface area contributed by atoms with E-state index in [0.717, 1.165) is 18.4 Å². The number of hydrogen-bond donors (Lipinski definition) is 0. The van der Waals surface area contributed by atoms with Gasteiger partial charge in [0.05, 0.1) is 17.4 Å². The Bertz CT molecular complexity index is 561. The van der Waals surface area contributed by atoms with E-state index in [9.17, 15) is 13.2 Å². The van der Waals surface area contributed by atoms with Crippen LogP contribution in [0.3, 0.4) is 0 Å². The average Bonchev–Trinajstić information content (AvgIpc) is 2.94. The lowest BCUT2D eigenvalue weighted by Gasteiger charge is -2.24. The molecule has 1 saturated carbocycles. The predicted molar refractivity (Wildman–Crippen MR) is 74.7 cm³/mol. The molecular weight excluding hydrogens is 282 g/mol. The molecule has 1 aromatic heterocycles. The monoisotopic (exact) mass is 299 g/mol. The van der Waals surface area contributed by atoms with Crippen molar-refractivity contribution in [3.05, 3.63) is 22.4 Å². The molecule has 0 unspecified atom stereocenters. The molecule has 1 aliphatic heterocycles. The summed E-state index contributed by atoms with van der Waals surface area (Å²) in [6.45, 7) is 0.629. The Morgan fingerprint density at radius 1 is 1.37 bits per heavy atom. The molecule has 0 spiro atoms. The first kappa shape index (κ1) is 13.1. The lowest BCUT2D eigenvalue weighted by molar-refractivity contribution is -0.136. The van der Waals surface area contributed by atoms with Crippen LogP contribution >= 0.6 is 11.3 Å². The van der Waals surface area contributed by atoms with Gasteiger partial charge in [-0.2, -0.15) is 11.3 Å². The number of thiophene rings is 1. The molecule has 6 heteroatoms. The SMILES string of the molecule is O=C([C@@H]1CCS(=O)(=O)C1)N(Cc1ccsc1)C1CC1. The van der Waals surface area contributed by atoms with Gasteiger partial charge >= 0.3 is 0 Å². The molecule has 0 aromatic carbocycles. The Morgan fingerprint density at radius 2 is 2.16 bits per heavy atom. The Labute approximate surface area is 117 Å². The third-order valence-corrected chi connectivity index (χ3v) is 6.29. The van der Waals surface area contributed by atoms with Crippen molar-refractivity contribution in [2.24, 2.45) is 5.92 Å². The fourth-order valence-electron chi connectivity index (χ4n) is 2.58. The summed E-state index contributed by atoms with van der Waals surface area (Å²) < 4.78 is 23.0. The van der Waals surface area contributed by atoms with E-state index in [2.05, 4.69) is 0 Å². The summed E-state index contributed by atoms with van der Waals surface area (Å²) in [4.78, 5) is 14.4. The van der Waals surface area contributed by atoms with Gasteiger partial charge in [0.15, 0.2) is 9.84 Å². The normalized spacial score (nSPS) is 25.4. The van der Waals surface area contributed by atoms with Gasteiger partial charge in [0, 0.05) is 12.6 Å². The molecule has 104 valence electrons. The van der Waals surface area contributed by atoms with Crippen LogP contribution in [0.4, 0.5) is 0 Å². The van der Waals surface area contributed by atoms with Crippen LogP contribution in [-0.2, 0) is 21.2 Å². The third kappa shape index (κ3) is 3.00. The van der Waals surface area contributed by atoms with E-state index in [-0.39, 0.29) is 23.3 Å². The number of carbonyl (C=O) groups is 1. The third-order valence-electron chi connectivity index (χ3n) is 3.79. The number of hydrogen-bond acceptors (Lipinski definition) is 4. The smallest absolute Gasteiger partial charge is 0.227 e. The summed E-state index contributed by atoms with van der Waals surface area (Å²) in [5.41, 5.74) is 1.14. The lowest BCUT2D eigenvalue weighted by Crippen LogP contribution is -2.37. The molecule has 4 nitrogen and oxygen atoms in total. The largest absolute Gasteiger partial charge is 0.335 e.